The second-order valence-electron chi connectivity index (χ2n) is 9.04. The summed E-state index contributed by atoms with van der Waals surface area (Å²) < 4.78 is 26.3. The predicted molar refractivity (Wildman–Crippen MR) is 119 cm³/mol. The van der Waals surface area contributed by atoms with Crippen molar-refractivity contribution in [1.82, 2.24) is 0 Å². The fourth-order valence-electron chi connectivity index (χ4n) is 3.78. The highest BCUT2D eigenvalue weighted by atomic mass is 33.1. The molecular weight excluding hydrogens is 392 g/mol. The van der Waals surface area contributed by atoms with Crippen molar-refractivity contribution in [3.63, 3.8) is 0 Å². The fourth-order valence-corrected chi connectivity index (χ4v) is 13.9. The Morgan fingerprint density at radius 1 is 0.630 bits per heavy atom. The molecule has 1 heterocycles. The molecule has 0 saturated carbocycles. The van der Waals surface area contributed by atoms with Crippen LogP contribution in [-0.4, -0.2) is 8.42 Å². The van der Waals surface area contributed by atoms with Gasteiger partial charge in [-0.2, -0.15) is 0 Å². The number of thioether (sulfide) groups is 1. The smallest absolute Gasteiger partial charge is 0.135 e. The molecule has 1 aliphatic rings. The molecule has 1 aliphatic heterocycles. The number of benzene rings is 2. The average Bonchev–Trinajstić information content (AvgIpc) is 2.86. The highest BCUT2D eigenvalue weighted by Crippen LogP contribution is 2.71. The molecule has 4 atom stereocenters. The summed E-state index contributed by atoms with van der Waals surface area (Å²) in [6, 6.07) is 19.9. The van der Waals surface area contributed by atoms with Gasteiger partial charge in [0.05, 0.1) is 0 Å². The zero-order valence-electron chi connectivity index (χ0n) is 16.8. The monoisotopic (exact) mass is 420 g/mol. The van der Waals surface area contributed by atoms with Crippen molar-refractivity contribution in [1.29, 1.82) is 0 Å². The van der Waals surface area contributed by atoms with Crippen LogP contribution in [0.3, 0.4) is 0 Å². The van der Waals surface area contributed by atoms with E-state index in [-0.39, 0.29) is 10.8 Å². The van der Waals surface area contributed by atoms with Gasteiger partial charge < -0.3 is 0 Å². The van der Waals surface area contributed by atoms with Gasteiger partial charge in [-0.1, -0.05) is 102 Å². The van der Waals surface area contributed by atoms with E-state index in [0.717, 1.165) is 11.1 Å². The highest BCUT2D eigenvalue weighted by Gasteiger charge is 2.69. The zero-order chi connectivity index (χ0) is 20.1. The standard InChI is InChI=1S/C22H28O2S3/c1-19(2,3)21(17-13-9-7-10-14-17)25-22(20(4,5)6,27(24)26(21)23)18-15-11-8-12-16-18/h7-16H,1-6H3/t21-,22+,26?,27?. The van der Waals surface area contributed by atoms with Crippen molar-refractivity contribution in [2.45, 2.75) is 49.7 Å². The Bertz CT molecular complexity index is 792. The van der Waals surface area contributed by atoms with E-state index in [2.05, 4.69) is 41.5 Å². The van der Waals surface area contributed by atoms with Crippen LogP contribution in [0.5, 0.6) is 0 Å². The van der Waals surface area contributed by atoms with Crippen molar-refractivity contribution in [2.75, 3.05) is 0 Å². The van der Waals surface area contributed by atoms with E-state index in [0.29, 0.717) is 0 Å². The van der Waals surface area contributed by atoms with E-state index >= 15 is 0 Å². The van der Waals surface area contributed by atoms with Gasteiger partial charge >= 0.3 is 0 Å². The van der Waals surface area contributed by atoms with E-state index in [1.54, 1.807) is 11.8 Å². The number of hydrogen-bond acceptors (Lipinski definition) is 3. The summed E-state index contributed by atoms with van der Waals surface area (Å²) >= 11 is 1.64. The normalized spacial score (nSPS) is 31.8. The predicted octanol–water partition coefficient (Wildman–Crippen LogP) is 5.94. The third-order valence-corrected chi connectivity index (χ3v) is 14.7. The molecule has 0 bridgehead atoms. The largest absolute Gasteiger partial charge is 0.244 e. The van der Waals surface area contributed by atoms with Crippen LogP contribution in [0.4, 0.5) is 0 Å². The van der Waals surface area contributed by atoms with Gasteiger partial charge in [0.25, 0.3) is 0 Å². The summed E-state index contributed by atoms with van der Waals surface area (Å²) in [5, 5.41) is 0. The Hall–Kier alpha value is -0.910. The summed E-state index contributed by atoms with van der Waals surface area (Å²) in [5.41, 5.74) is 1.27. The molecule has 1 fully saturated rings. The summed E-state index contributed by atoms with van der Waals surface area (Å²) in [5.74, 6) is 0. The van der Waals surface area contributed by atoms with Gasteiger partial charge in [-0.05, 0) is 22.0 Å². The topological polar surface area (TPSA) is 34.1 Å². The molecule has 0 spiro atoms. The van der Waals surface area contributed by atoms with E-state index < -0.39 is 27.8 Å². The minimum absolute atomic E-state index is 0.346. The Labute approximate surface area is 171 Å². The van der Waals surface area contributed by atoms with Crippen molar-refractivity contribution in [2.24, 2.45) is 10.8 Å². The molecule has 146 valence electrons. The summed E-state index contributed by atoms with van der Waals surface area (Å²) in [6.07, 6.45) is 0. The van der Waals surface area contributed by atoms with Gasteiger partial charge in [0.15, 0.2) is 0 Å². The average molecular weight is 421 g/mol. The Kier molecular flexibility index (Phi) is 5.28. The molecule has 0 aromatic heterocycles. The molecule has 0 amide bonds. The lowest BCUT2D eigenvalue weighted by atomic mass is 9.85. The molecule has 27 heavy (non-hydrogen) atoms. The molecule has 2 aromatic rings. The third-order valence-electron chi connectivity index (χ3n) is 5.18. The molecular formula is C22H28O2S3. The van der Waals surface area contributed by atoms with E-state index in [9.17, 15) is 8.42 Å². The summed E-state index contributed by atoms with van der Waals surface area (Å²) in [7, 11) is -3.13. The van der Waals surface area contributed by atoms with Gasteiger partial charge in [-0.15, -0.1) is 11.8 Å². The molecule has 2 unspecified atom stereocenters. The van der Waals surface area contributed by atoms with E-state index in [1.165, 1.54) is 0 Å². The molecule has 0 N–H and O–H groups in total. The summed E-state index contributed by atoms with van der Waals surface area (Å²) in [6.45, 7) is 12.6. The SMILES string of the molecule is CC(C)(C)[C@]1(c2ccccc2)S[C@](c2ccccc2)(C(C)(C)C)S(=O)S1=O. The van der Waals surface area contributed by atoms with Crippen molar-refractivity contribution < 1.29 is 8.42 Å². The molecule has 1 saturated heterocycles. The maximum Gasteiger partial charge on any atom is 0.135 e. The van der Waals surface area contributed by atoms with Gasteiger partial charge in [-0.25, -0.2) is 8.42 Å². The number of rotatable bonds is 2. The molecule has 0 aliphatic carbocycles. The first-order valence-corrected chi connectivity index (χ1v) is 12.8. The van der Waals surface area contributed by atoms with Crippen molar-refractivity contribution >= 4 is 31.4 Å². The quantitative estimate of drug-likeness (QED) is 0.564. The maximum absolute atomic E-state index is 13.9. The fraction of sp³-hybridized carbons (Fsp3) is 0.455. The minimum atomic E-state index is -1.57. The van der Waals surface area contributed by atoms with Crippen LogP contribution in [0.15, 0.2) is 60.7 Å². The Balaban J connectivity index is 2.36. The van der Waals surface area contributed by atoms with Crippen LogP contribution in [0.25, 0.3) is 0 Å². The first kappa shape index (κ1) is 20.8. The highest BCUT2D eigenvalue weighted by molar-refractivity contribution is 8.69. The van der Waals surface area contributed by atoms with Gasteiger partial charge in [-0.3, -0.25) is 0 Å². The van der Waals surface area contributed by atoms with E-state index in [4.69, 9.17) is 0 Å². The number of hydrogen-bond donors (Lipinski definition) is 0. The Morgan fingerprint density at radius 2 is 0.926 bits per heavy atom. The van der Waals surface area contributed by atoms with Crippen molar-refractivity contribution in [3.8, 4) is 0 Å². The van der Waals surface area contributed by atoms with Gasteiger partial charge in [0.1, 0.15) is 27.8 Å². The summed E-state index contributed by atoms with van der Waals surface area (Å²) in [4.78, 5) is 0. The second-order valence-corrected chi connectivity index (χ2v) is 15.0. The molecule has 3 rings (SSSR count). The first-order valence-electron chi connectivity index (χ1n) is 9.14. The van der Waals surface area contributed by atoms with Crippen LogP contribution in [-0.2, 0) is 27.8 Å². The third kappa shape index (κ3) is 2.97. The minimum Gasteiger partial charge on any atom is -0.244 e. The molecule has 0 radical (unpaired) electrons. The lowest BCUT2D eigenvalue weighted by Gasteiger charge is -2.44. The maximum atomic E-state index is 13.9. The van der Waals surface area contributed by atoms with Crippen LogP contribution in [0.1, 0.15) is 52.7 Å². The van der Waals surface area contributed by atoms with Crippen LogP contribution in [0, 0.1) is 10.8 Å². The second kappa shape index (κ2) is 6.85. The van der Waals surface area contributed by atoms with Crippen LogP contribution >= 0.6 is 11.8 Å². The van der Waals surface area contributed by atoms with E-state index in [1.807, 2.05) is 60.7 Å². The molecule has 2 aromatic carbocycles. The zero-order valence-corrected chi connectivity index (χ0v) is 19.3. The Morgan fingerprint density at radius 3 is 1.19 bits per heavy atom. The first-order chi connectivity index (χ1) is 12.5. The van der Waals surface area contributed by atoms with Gasteiger partial charge in [0, 0.05) is 0 Å². The van der Waals surface area contributed by atoms with Gasteiger partial charge in [0.2, 0.25) is 0 Å². The van der Waals surface area contributed by atoms with Crippen molar-refractivity contribution in [3.05, 3.63) is 71.8 Å². The molecule has 2 nitrogen and oxygen atoms in total. The molecule has 5 heteroatoms. The van der Waals surface area contributed by atoms with Crippen LogP contribution < -0.4 is 0 Å². The van der Waals surface area contributed by atoms with Crippen LogP contribution in [0.2, 0.25) is 0 Å². The lowest BCUT2D eigenvalue weighted by Crippen LogP contribution is -2.40. The lowest BCUT2D eigenvalue weighted by molar-refractivity contribution is 0.348.